The molecule has 1 saturated heterocycles. The smallest absolute Gasteiger partial charge is 0.256 e. The Bertz CT molecular complexity index is 818. The molecule has 2 aromatic rings. The van der Waals surface area contributed by atoms with Crippen molar-refractivity contribution in [2.75, 3.05) is 25.5 Å². The van der Waals surface area contributed by atoms with Gasteiger partial charge in [0.2, 0.25) is 5.91 Å². The third kappa shape index (κ3) is 4.71. The highest BCUT2D eigenvalue weighted by molar-refractivity contribution is 6.03. The van der Waals surface area contributed by atoms with Crippen LogP contribution in [-0.4, -0.2) is 62.8 Å². The summed E-state index contributed by atoms with van der Waals surface area (Å²) in [6.07, 6.45) is 2.68. The molecular formula is C19H26N6O2. The van der Waals surface area contributed by atoms with Gasteiger partial charge in [0.05, 0.1) is 6.20 Å². The Morgan fingerprint density at radius 1 is 1.37 bits per heavy atom. The van der Waals surface area contributed by atoms with Gasteiger partial charge in [0, 0.05) is 51.8 Å². The van der Waals surface area contributed by atoms with Crippen molar-refractivity contribution in [3.05, 3.63) is 41.6 Å². The van der Waals surface area contributed by atoms with E-state index in [0.29, 0.717) is 17.9 Å². The van der Waals surface area contributed by atoms with Crippen molar-refractivity contribution in [1.29, 1.82) is 0 Å². The van der Waals surface area contributed by atoms with Crippen molar-refractivity contribution in [3.63, 3.8) is 0 Å². The number of hydrogen-bond donors (Lipinski definition) is 1. The van der Waals surface area contributed by atoms with E-state index in [0.717, 1.165) is 31.6 Å². The molecule has 8 heteroatoms. The highest BCUT2D eigenvalue weighted by Crippen LogP contribution is 2.18. The lowest BCUT2D eigenvalue weighted by molar-refractivity contribution is -0.129. The highest BCUT2D eigenvalue weighted by atomic mass is 16.2. The number of carbonyl (C=O) groups excluding carboxylic acids is 2. The summed E-state index contributed by atoms with van der Waals surface area (Å²) in [5.74, 6) is 0.345. The number of likely N-dealkylation sites (N-methyl/N-ethyl adjacent to an activating group) is 1. The van der Waals surface area contributed by atoms with E-state index in [-0.39, 0.29) is 17.9 Å². The Labute approximate surface area is 159 Å². The molecule has 1 N–H and O–H groups in total. The number of hydrogen-bond acceptors (Lipinski definition) is 5. The van der Waals surface area contributed by atoms with Crippen LogP contribution in [0.5, 0.6) is 0 Å². The van der Waals surface area contributed by atoms with Gasteiger partial charge in [0.15, 0.2) is 5.82 Å². The molecule has 8 nitrogen and oxygen atoms in total. The average Bonchev–Trinajstić information content (AvgIpc) is 3.30. The number of nitrogens with one attached hydrogen (secondary N) is 1. The van der Waals surface area contributed by atoms with E-state index >= 15 is 0 Å². The quantitative estimate of drug-likeness (QED) is 0.835. The van der Waals surface area contributed by atoms with Gasteiger partial charge in [-0.2, -0.15) is 0 Å². The topological polar surface area (TPSA) is 83.4 Å². The number of nitrogens with zero attached hydrogens (tertiary/aromatic N) is 5. The summed E-state index contributed by atoms with van der Waals surface area (Å²) in [7, 11) is 1.86. The van der Waals surface area contributed by atoms with Crippen molar-refractivity contribution in [3.8, 4) is 0 Å². The van der Waals surface area contributed by atoms with E-state index in [4.69, 9.17) is 0 Å². The predicted molar refractivity (Wildman–Crippen MR) is 102 cm³/mol. The zero-order valence-corrected chi connectivity index (χ0v) is 16.1. The van der Waals surface area contributed by atoms with Gasteiger partial charge in [-0.25, -0.2) is 0 Å². The fraction of sp³-hybridized carbons (Fsp3) is 0.474. The van der Waals surface area contributed by atoms with E-state index in [1.54, 1.807) is 23.9 Å². The number of aryl methyl sites for hydroxylation is 1. The van der Waals surface area contributed by atoms with Crippen LogP contribution in [0.4, 0.5) is 5.82 Å². The maximum absolute atomic E-state index is 12.5. The van der Waals surface area contributed by atoms with Gasteiger partial charge in [-0.1, -0.05) is 17.3 Å². The first-order valence-corrected chi connectivity index (χ1v) is 9.22. The molecule has 144 valence electrons. The number of benzene rings is 1. The monoisotopic (exact) mass is 370 g/mol. The lowest BCUT2D eigenvalue weighted by atomic mass is 10.1. The van der Waals surface area contributed by atoms with E-state index in [1.807, 2.05) is 37.1 Å². The van der Waals surface area contributed by atoms with Gasteiger partial charge < -0.3 is 10.2 Å². The molecule has 1 unspecified atom stereocenters. The Hall–Kier alpha value is -2.74. The second-order valence-corrected chi connectivity index (χ2v) is 6.92. The molecule has 3 rings (SSSR count). The van der Waals surface area contributed by atoms with E-state index < -0.39 is 0 Å². The van der Waals surface area contributed by atoms with Crippen molar-refractivity contribution in [1.82, 2.24) is 24.8 Å². The second-order valence-electron chi connectivity index (χ2n) is 6.92. The molecule has 2 amide bonds. The van der Waals surface area contributed by atoms with Gasteiger partial charge in [-0.15, -0.1) is 5.10 Å². The van der Waals surface area contributed by atoms with Gasteiger partial charge in [-0.05, 0) is 31.0 Å². The van der Waals surface area contributed by atoms with Crippen LogP contribution in [0, 0.1) is 0 Å². The molecule has 27 heavy (non-hydrogen) atoms. The molecule has 0 radical (unpaired) electrons. The molecule has 1 fully saturated rings. The Morgan fingerprint density at radius 3 is 2.89 bits per heavy atom. The van der Waals surface area contributed by atoms with Gasteiger partial charge in [0.1, 0.15) is 0 Å². The molecule has 0 aliphatic carbocycles. The normalized spacial score (nSPS) is 17.1. The van der Waals surface area contributed by atoms with Crippen molar-refractivity contribution in [2.24, 2.45) is 0 Å². The summed E-state index contributed by atoms with van der Waals surface area (Å²) in [4.78, 5) is 28.1. The molecule has 1 aliphatic heterocycles. The minimum Gasteiger partial charge on any atom is -0.342 e. The molecular weight excluding hydrogens is 344 g/mol. The maximum atomic E-state index is 12.5. The number of amides is 2. The minimum atomic E-state index is -0.199. The standard InChI is InChI=1S/C19H26N6O2/c1-4-25-13-18(21-22-25)20-19(27)16-7-5-6-15(10-16)11-24-9-8-17(12-24)23(3)14(2)26/h5-7,10,13,17H,4,8-9,11-12H2,1-3H3,(H,20,27). The van der Waals surface area contributed by atoms with Crippen LogP contribution in [0.1, 0.15) is 36.2 Å². The van der Waals surface area contributed by atoms with Crippen LogP contribution in [0.25, 0.3) is 0 Å². The second kappa shape index (κ2) is 8.30. The molecule has 0 spiro atoms. The largest absolute Gasteiger partial charge is 0.342 e. The Kier molecular flexibility index (Phi) is 5.85. The first-order valence-electron chi connectivity index (χ1n) is 9.22. The summed E-state index contributed by atoms with van der Waals surface area (Å²) in [6.45, 7) is 6.82. The fourth-order valence-corrected chi connectivity index (χ4v) is 3.30. The van der Waals surface area contributed by atoms with Crippen molar-refractivity contribution >= 4 is 17.6 Å². The number of rotatable bonds is 6. The molecule has 2 heterocycles. The van der Waals surface area contributed by atoms with E-state index in [1.165, 1.54) is 0 Å². The Morgan fingerprint density at radius 2 is 2.19 bits per heavy atom. The lowest BCUT2D eigenvalue weighted by Gasteiger charge is -2.23. The van der Waals surface area contributed by atoms with E-state index in [2.05, 4.69) is 20.5 Å². The summed E-state index contributed by atoms with van der Waals surface area (Å²) in [5, 5.41) is 10.6. The maximum Gasteiger partial charge on any atom is 0.256 e. The minimum absolute atomic E-state index is 0.0977. The SMILES string of the molecule is CCn1cc(NC(=O)c2cccc(CN3CCC(N(C)C(C)=O)C3)c2)nn1. The van der Waals surface area contributed by atoms with Crippen LogP contribution >= 0.6 is 0 Å². The third-order valence-corrected chi connectivity index (χ3v) is 4.99. The van der Waals surface area contributed by atoms with Crippen molar-refractivity contribution in [2.45, 2.75) is 39.4 Å². The molecule has 1 aromatic heterocycles. The van der Waals surface area contributed by atoms with Crippen molar-refractivity contribution < 1.29 is 9.59 Å². The first kappa shape index (κ1) is 19.0. The van der Waals surface area contributed by atoms with Crippen LogP contribution in [0.3, 0.4) is 0 Å². The summed E-state index contributed by atoms with van der Waals surface area (Å²) in [5.41, 5.74) is 1.67. The number of aromatic nitrogens is 3. The van der Waals surface area contributed by atoms with Gasteiger partial charge in [0.25, 0.3) is 5.91 Å². The average molecular weight is 370 g/mol. The van der Waals surface area contributed by atoms with Gasteiger partial charge >= 0.3 is 0 Å². The number of carbonyl (C=O) groups is 2. The zero-order valence-electron chi connectivity index (χ0n) is 16.1. The molecule has 1 atom stereocenters. The summed E-state index contributed by atoms with van der Waals surface area (Å²) < 4.78 is 1.66. The number of likely N-dealkylation sites (tertiary alicyclic amines) is 1. The van der Waals surface area contributed by atoms with Gasteiger partial charge in [-0.3, -0.25) is 19.2 Å². The first-order chi connectivity index (χ1) is 13.0. The molecule has 1 aromatic carbocycles. The molecule has 0 saturated carbocycles. The van der Waals surface area contributed by atoms with Crippen LogP contribution in [0.15, 0.2) is 30.5 Å². The lowest BCUT2D eigenvalue weighted by Crippen LogP contribution is -2.37. The third-order valence-electron chi connectivity index (χ3n) is 4.99. The van der Waals surface area contributed by atoms with Crippen LogP contribution in [0.2, 0.25) is 0 Å². The zero-order chi connectivity index (χ0) is 19.4. The van der Waals surface area contributed by atoms with Crippen LogP contribution in [-0.2, 0) is 17.9 Å². The van der Waals surface area contributed by atoms with E-state index in [9.17, 15) is 9.59 Å². The number of anilines is 1. The summed E-state index contributed by atoms with van der Waals surface area (Å²) in [6, 6.07) is 7.87. The predicted octanol–water partition coefficient (Wildman–Crippen LogP) is 1.60. The fourth-order valence-electron chi connectivity index (χ4n) is 3.30. The van der Waals surface area contributed by atoms with Crippen LogP contribution < -0.4 is 5.32 Å². The molecule has 0 bridgehead atoms. The molecule has 1 aliphatic rings. The summed E-state index contributed by atoms with van der Waals surface area (Å²) >= 11 is 0. The Balaban J connectivity index is 1.60. The highest BCUT2D eigenvalue weighted by Gasteiger charge is 2.26.